The van der Waals surface area contributed by atoms with E-state index in [9.17, 15) is 13.2 Å². The Morgan fingerprint density at radius 2 is 2.00 bits per heavy atom. The van der Waals surface area contributed by atoms with Crippen molar-refractivity contribution in [3.63, 3.8) is 0 Å². The summed E-state index contributed by atoms with van der Waals surface area (Å²) in [5.74, 6) is -1.03. The molecule has 1 aromatic carbocycles. The molecule has 0 aliphatic rings. The third-order valence-corrected chi connectivity index (χ3v) is 4.11. The van der Waals surface area contributed by atoms with Crippen LogP contribution in [-0.2, 0) is 14.8 Å². The summed E-state index contributed by atoms with van der Waals surface area (Å²) in [4.78, 5) is 10.7. The number of rotatable bonds is 8. The Morgan fingerprint density at radius 1 is 1.38 bits per heavy atom. The minimum Gasteiger partial charge on any atom is -0.481 e. The molecule has 0 aliphatic carbocycles. The van der Waals surface area contributed by atoms with Crippen LogP contribution in [0, 0.1) is 0 Å². The van der Waals surface area contributed by atoms with Gasteiger partial charge in [-0.2, -0.15) is 0 Å². The zero-order valence-electron chi connectivity index (χ0n) is 11.6. The first-order valence-electron chi connectivity index (χ1n) is 6.50. The zero-order valence-corrected chi connectivity index (χ0v) is 13.2. The first kappa shape index (κ1) is 17.7. The quantitative estimate of drug-likeness (QED) is 0.767. The summed E-state index contributed by atoms with van der Waals surface area (Å²) in [6.45, 7) is 1.87. The van der Waals surface area contributed by atoms with E-state index in [1.165, 1.54) is 6.08 Å². The molecule has 0 spiro atoms. The van der Waals surface area contributed by atoms with Gasteiger partial charge in [0.1, 0.15) is 0 Å². The monoisotopic (exact) mass is 331 g/mol. The minimum absolute atomic E-state index is 0.234. The second-order valence-corrected chi connectivity index (χ2v) is 6.63. The summed E-state index contributed by atoms with van der Waals surface area (Å²) in [5.41, 5.74) is 0.690. The van der Waals surface area contributed by atoms with Gasteiger partial charge in [-0.05, 0) is 30.2 Å². The van der Waals surface area contributed by atoms with E-state index in [4.69, 9.17) is 16.7 Å². The Morgan fingerprint density at radius 3 is 2.52 bits per heavy atom. The van der Waals surface area contributed by atoms with Crippen LogP contribution in [0.5, 0.6) is 0 Å². The summed E-state index contributed by atoms with van der Waals surface area (Å²) in [7, 11) is -3.68. The lowest BCUT2D eigenvalue weighted by Crippen LogP contribution is -2.35. The number of benzene rings is 1. The fraction of sp³-hybridized carbons (Fsp3) is 0.357. The number of hydrogen-bond donors (Lipinski definition) is 2. The Kier molecular flexibility index (Phi) is 6.87. The molecule has 1 unspecified atom stereocenters. The average Bonchev–Trinajstić information content (AvgIpc) is 2.37. The van der Waals surface area contributed by atoms with Gasteiger partial charge in [0.2, 0.25) is 10.0 Å². The maximum atomic E-state index is 11.9. The zero-order chi connectivity index (χ0) is 15.9. The molecule has 0 radical (unpaired) electrons. The molecule has 1 atom stereocenters. The van der Waals surface area contributed by atoms with Gasteiger partial charge in [0.05, 0.1) is 6.42 Å². The predicted molar refractivity (Wildman–Crippen MR) is 83.5 cm³/mol. The predicted octanol–water partition coefficient (Wildman–Crippen LogP) is 2.87. The number of sulfonamides is 1. The smallest absolute Gasteiger partial charge is 0.304 e. The average molecular weight is 332 g/mol. The summed E-state index contributed by atoms with van der Waals surface area (Å²) in [5, 5.41) is 10.4. The van der Waals surface area contributed by atoms with Crippen molar-refractivity contribution in [1.82, 2.24) is 4.72 Å². The van der Waals surface area contributed by atoms with E-state index < -0.39 is 22.0 Å². The fourth-order valence-corrected chi connectivity index (χ4v) is 2.98. The van der Waals surface area contributed by atoms with E-state index in [1.807, 2.05) is 6.92 Å². The van der Waals surface area contributed by atoms with Gasteiger partial charge in [-0.1, -0.05) is 37.1 Å². The number of aliphatic carboxylic acids is 1. The van der Waals surface area contributed by atoms with Crippen molar-refractivity contribution in [2.24, 2.45) is 0 Å². The number of carboxylic acids is 1. The second kappa shape index (κ2) is 8.17. The number of nitrogens with one attached hydrogen (secondary N) is 1. The Balaban J connectivity index is 2.75. The summed E-state index contributed by atoms with van der Waals surface area (Å²) < 4.78 is 26.2. The van der Waals surface area contributed by atoms with Gasteiger partial charge >= 0.3 is 5.97 Å². The molecule has 116 valence electrons. The molecule has 0 aromatic heterocycles. The molecule has 5 nitrogen and oxygen atoms in total. The van der Waals surface area contributed by atoms with Gasteiger partial charge in [-0.25, -0.2) is 13.1 Å². The van der Waals surface area contributed by atoms with Crippen molar-refractivity contribution in [3.8, 4) is 0 Å². The number of carbonyl (C=O) groups is 1. The first-order valence-corrected chi connectivity index (χ1v) is 8.42. The van der Waals surface area contributed by atoms with Gasteiger partial charge < -0.3 is 5.11 Å². The van der Waals surface area contributed by atoms with Crippen molar-refractivity contribution in [2.45, 2.75) is 32.2 Å². The molecule has 0 saturated heterocycles. The standard InChI is InChI=1S/C14H18ClNO4S/c1-2-3-13(10-14(17)18)16-21(19,20)9-8-11-4-6-12(15)7-5-11/h4-9,13,16H,2-3,10H2,1H3,(H,17,18)/b9-8+. The van der Waals surface area contributed by atoms with Crippen LogP contribution in [-0.4, -0.2) is 25.5 Å². The van der Waals surface area contributed by atoms with E-state index in [1.54, 1.807) is 24.3 Å². The number of halogens is 1. The summed E-state index contributed by atoms with van der Waals surface area (Å²) in [6, 6.07) is 6.09. The SMILES string of the molecule is CCCC(CC(=O)O)NS(=O)(=O)/C=C/c1ccc(Cl)cc1. The highest BCUT2D eigenvalue weighted by atomic mass is 35.5. The topological polar surface area (TPSA) is 83.5 Å². The molecule has 0 fully saturated rings. The normalized spacial score (nSPS) is 13.4. The lowest BCUT2D eigenvalue weighted by Gasteiger charge is -2.14. The molecule has 1 rings (SSSR count). The van der Waals surface area contributed by atoms with E-state index in [-0.39, 0.29) is 6.42 Å². The molecule has 0 amide bonds. The lowest BCUT2D eigenvalue weighted by atomic mass is 10.1. The van der Waals surface area contributed by atoms with Crippen LogP contribution < -0.4 is 4.72 Å². The number of carboxylic acid groups (broad SMARTS) is 1. The minimum atomic E-state index is -3.68. The first-order chi connectivity index (χ1) is 9.82. The maximum absolute atomic E-state index is 11.9. The molecule has 1 aromatic rings. The van der Waals surface area contributed by atoms with Crippen LogP contribution in [0.4, 0.5) is 0 Å². The Hall–Kier alpha value is -1.37. The highest BCUT2D eigenvalue weighted by molar-refractivity contribution is 7.92. The van der Waals surface area contributed by atoms with E-state index in [2.05, 4.69) is 4.72 Å². The van der Waals surface area contributed by atoms with E-state index in [0.29, 0.717) is 23.4 Å². The highest BCUT2D eigenvalue weighted by Gasteiger charge is 2.17. The summed E-state index contributed by atoms with van der Waals surface area (Å²) >= 11 is 5.74. The van der Waals surface area contributed by atoms with Crippen LogP contribution in [0.3, 0.4) is 0 Å². The summed E-state index contributed by atoms with van der Waals surface area (Å²) in [6.07, 6.45) is 2.37. The molecule has 0 heterocycles. The van der Waals surface area contributed by atoms with Crippen molar-refractivity contribution in [1.29, 1.82) is 0 Å². The largest absolute Gasteiger partial charge is 0.481 e. The molecule has 2 N–H and O–H groups in total. The van der Waals surface area contributed by atoms with Crippen LogP contribution in [0.1, 0.15) is 31.7 Å². The number of hydrogen-bond acceptors (Lipinski definition) is 3. The van der Waals surface area contributed by atoms with Crippen LogP contribution in [0.15, 0.2) is 29.7 Å². The van der Waals surface area contributed by atoms with Crippen LogP contribution >= 0.6 is 11.6 Å². The Bertz CT molecular complexity index is 596. The molecular weight excluding hydrogens is 314 g/mol. The lowest BCUT2D eigenvalue weighted by molar-refractivity contribution is -0.137. The molecule has 0 saturated carbocycles. The van der Waals surface area contributed by atoms with Gasteiger partial charge in [-0.3, -0.25) is 4.79 Å². The van der Waals surface area contributed by atoms with Gasteiger partial charge in [0, 0.05) is 16.5 Å². The van der Waals surface area contributed by atoms with Gasteiger partial charge in [0.15, 0.2) is 0 Å². The van der Waals surface area contributed by atoms with Crippen molar-refractivity contribution < 1.29 is 18.3 Å². The third kappa shape index (κ3) is 7.27. The van der Waals surface area contributed by atoms with Crippen molar-refractivity contribution in [2.75, 3.05) is 0 Å². The van der Waals surface area contributed by atoms with E-state index in [0.717, 1.165) is 5.41 Å². The van der Waals surface area contributed by atoms with Gasteiger partial charge in [0.25, 0.3) is 0 Å². The van der Waals surface area contributed by atoms with Crippen molar-refractivity contribution in [3.05, 3.63) is 40.3 Å². The Labute approximate surface area is 129 Å². The van der Waals surface area contributed by atoms with Crippen LogP contribution in [0.2, 0.25) is 5.02 Å². The molecule has 0 bridgehead atoms. The molecule has 7 heteroatoms. The second-order valence-electron chi connectivity index (χ2n) is 4.60. The maximum Gasteiger partial charge on any atom is 0.304 e. The molecule has 0 aliphatic heterocycles. The molecule has 21 heavy (non-hydrogen) atoms. The highest BCUT2D eigenvalue weighted by Crippen LogP contribution is 2.11. The van der Waals surface area contributed by atoms with Gasteiger partial charge in [-0.15, -0.1) is 0 Å². The van der Waals surface area contributed by atoms with Crippen LogP contribution in [0.25, 0.3) is 6.08 Å². The molecular formula is C14H18ClNO4S. The van der Waals surface area contributed by atoms with Crippen molar-refractivity contribution >= 4 is 33.7 Å². The van der Waals surface area contributed by atoms with E-state index >= 15 is 0 Å². The fourth-order valence-electron chi connectivity index (χ4n) is 1.78. The third-order valence-electron chi connectivity index (χ3n) is 2.70.